The van der Waals surface area contributed by atoms with Gasteiger partial charge < -0.3 is 23.1 Å². The Morgan fingerprint density at radius 3 is 1.91 bits per heavy atom. The van der Waals surface area contributed by atoms with E-state index in [2.05, 4.69) is 126 Å². The molecule has 0 aliphatic heterocycles. The Hall–Kier alpha value is -1.71. The Kier molecular flexibility index (Phi) is 16.2. The summed E-state index contributed by atoms with van der Waals surface area (Å²) in [5.41, 5.74) is -0.754. The average molecular weight is 801 g/mol. The Balaban J connectivity index is 2.63. The third kappa shape index (κ3) is 14.1. The molecule has 0 spiro atoms. The Morgan fingerprint density at radius 2 is 1.40 bits per heavy atom. The van der Waals surface area contributed by atoms with Crippen molar-refractivity contribution in [1.82, 2.24) is 0 Å². The van der Waals surface area contributed by atoms with E-state index in [-0.39, 0.29) is 57.9 Å². The lowest BCUT2D eigenvalue weighted by molar-refractivity contribution is -0.138. The van der Waals surface area contributed by atoms with Crippen LogP contribution in [0.5, 0.6) is 5.75 Å². The molecule has 6 nitrogen and oxygen atoms in total. The fraction of sp³-hybridized carbons (Fsp3) is 0.732. The molecule has 1 unspecified atom stereocenters. The van der Waals surface area contributed by atoms with Gasteiger partial charge in [-0.15, -0.1) is 0 Å². The van der Waals surface area contributed by atoms with Gasteiger partial charge in [-0.05, 0) is 104 Å². The molecule has 1 saturated carbocycles. The summed E-state index contributed by atoms with van der Waals surface area (Å²) in [6, 6.07) is 4.99. The average Bonchev–Trinajstić information content (AvgIpc) is 3.27. The van der Waals surface area contributed by atoms with Gasteiger partial charge in [-0.1, -0.05) is 92.7 Å². The van der Waals surface area contributed by atoms with Gasteiger partial charge in [-0.3, -0.25) is 4.79 Å². The van der Waals surface area contributed by atoms with Crippen LogP contribution in [0.15, 0.2) is 48.6 Å². The molecule has 1 aromatic carbocycles. The fourth-order valence-corrected chi connectivity index (χ4v) is 9.65. The number of benzene rings is 1. The van der Waals surface area contributed by atoms with E-state index in [1.165, 1.54) is 6.07 Å². The molecule has 0 saturated heterocycles. The van der Waals surface area contributed by atoms with E-state index in [0.29, 0.717) is 12.8 Å². The van der Waals surface area contributed by atoms with Gasteiger partial charge in [0, 0.05) is 12.3 Å². The minimum absolute atomic E-state index is 0.00799. The molecule has 53 heavy (non-hydrogen) atoms. The zero-order valence-electron chi connectivity index (χ0n) is 35.4. The number of hydrogen-bond acceptors (Lipinski definition) is 5. The van der Waals surface area contributed by atoms with E-state index in [1.807, 2.05) is 0 Å². The molecular weight excluding hydrogens is 730 g/mol. The number of unbranched alkanes of at least 4 members (excludes halogenated alkanes) is 1. The molecule has 5 atom stereocenters. The number of alkyl halides is 3. The normalized spacial score (nSPS) is 21.8. The van der Waals surface area contributed by atoms with E-state index in [0.717, 1.165) is 25.0 Å². The van der Waals surface area contributed by atoms with Crippen molar-refractivity contribution in [3.8, 4) is 5.75 Å². The van der Waals surface area contributed by atoms with E-state index in [4.69, 9.17) is 23.1 Å². The highest BCUT2D eigenvalue weighted by atomic mass is 28.4. The van der Waals surface area contributed by atoms with Crippen molar-refractivity contribution in [1.29, 1.82) is 0 Å². The summed E-state index contributed by atoms with van der Waals surface area (Å²) < 4.78 is 68.0. The largest absolute Gasteiger partial charge is 0.491 e. The van der Waals surface area contributed by atoms with Crippen LogP contribution in [0.1, 0.15) is 100.0 Å². The van der Waals surface area contributed by atoms with Gasteiger partial charge in [0.2, 0.25) is 0 Å². The smallest absolute Gasteiger partial charge is 0.416 e. The third-order valence-electron chi connectivity index (χ3n) is 12.1. The number of hydrogen-bond donors (Lipinski definition) is 1. The quantitative estimate of drug-likeness (QED) is 0.0961. The monoisotopic (exact) mass is 800 g/mol. The topological polar surface area (TPSA) is 74.2 Å². The number of aliphatic carboxylic acids is 1. The number of carboxylic acids is 1. The van der Waals surface area contributed by atoms with Gasteiger partial charge >= 0.3 is 12.1 Å². The predicted molar refractivity (Wildman–Crippen MR) is 219 cm³/mol. The van der Waals surface area contributed by atoms with Gasteiger partial charge in [0.1, 0.15) is 12.4 Å². The van der Waals surface area contributed by atoms with Crippen LogP contribution in [0.2, 0.25) is 54.4 Å². The number of carbonyl (C=O) groups is 1. The maximum atomic E-state index is 13.5. The molecule has 1 fully saturated rings. The van der Waals surface area contributed by atoms with Crippen LogP contribution in [0.4, 0.5) is 13.2 Å². The standard InChI is InChI=1S/C41H71F3O6Si3/c1-38(2,3)51(10,11)48-32(29-47-31-22-20-21-30(27-31)41(42,43)44)25-26-34-33(23-18-16-17-19-24-37(45)46)35(49-52(12,13)39(4,5)6)28-36(34)50-53(14,15)40(7,8)9/h16,18,20-22,25-27,32-36H,17,19,23-24,28-29H2,1-15H3,(H,45,46)/b18-16+,26-25+/t32?,33-,34-,35+,36-/m1/s1. The maximum absolute atomic E-state index is 13.5. The second-order valence-corrected chi connectivity index (χ2v) is 33.7. The first-order valence-electron chi connectivity index (χ1n) is 19.3. The molecule has 12 heteroatoms. The number of rotatable bonds is 17. The summed E-state index contributed by atoms with van der Waals surface area (Å²) in [6.45, 7) is 33.5. The molecule has 1 aliphatic carbocycles. The highest BCUT2D eigenvalue weighted by Crippen LogP contribution is 2.48. The molecule has 1 aromatic rings. The van der Waals surface area contributed by atoms with Crippen LogP contribution >= 0.6 is 0 Å². The Labute approximate surface area is 322 Å². The molecule has 2 rings (SSSR count). The van der Waals surface area contributed by atoms with Crippen molar-refractivity contribution >= 4 is 30.9 Å². The van der Waals surface area contributed by atoms with Crippen molar-refractivity contribution in [2.24, 2.45) is 11.8 Å². The molecule has 304 valence electrons. The number of carboxylic acid groups (broad SMARTS) is 1. The Bertz CT molecular complexity index is 1390. The minimum Gasteiger partial charge on any atom is -0.491 e. The van der Waals surface area contributed by atoms with Crippen LogP contribution in [-0.2, 0) is 24.2 Å². The zero-order chi connectivity index (χ0) is 40.8. The van der Waals surface area contributed by atoms with Crippen LogP contribution in [0, 0.1) is 11.8 Å². The van der Waals surface area contributed by atoms with Crippen LogP contribution in [0.25, 0.3) is 0 Å². The summed E-state index contributed by atoms with van der Waals surface area (Å²) in [5.74, 6) is -0.587. The first-order chi connectivity index (χ1) is 23.9. The third-order valence-corrected chi connectivity index (χ3v) is 25.6. The zero-order valence-corrected chi connectivity index (χ0v) is 38.4. The summed E-state index contributed by atoms with van der Waals surface area (Å²) >= 11 is 0. The fourth-order valence-electron chi connectivity index (χ4n) is 5.65. The highest BCUT2D eigenvalue weighted by Gasteiger charge is 2.50. The molecule has 1 aliphatic rings. The summed E-state index contributed by atoms with van der Waals surface area (Å²) in [7, 11) is -6.74. The first-order valence-corrected chi connectivity index (χ1v) is 28.0. The lowest BCUT2D eigenvalue weighted by atomic mass is 9.89. The summed E-state index contributed by atoms with van der Waals surface area (Å²) in [4.78, 5) is 11.1. The SMILES string of the molecule is CC(C)(C)[Si](C)(C)OC(/C=C/[C@@H]1[C@@H](C/C=C/CCCC(=O)O)[C@@H](O[Si](C)(C)C(C)(C)C)C[C@H]1O[Si](C)(C)C(C)(C)C)COc1cccc(C(F)(F)F)c1. The maximum Gasteiger partial charge on any atom is 0.416 e. The van der Waals surface area contributed by atoms with E-state index in [1.54, 1.807) is 6.07 Å². The van der Waals surface area contributed by atoms with Crippen molar-refractivity contribution in [3.63, 3.8) is 0 Å². The van der Waals surface area contributed by atoms with Gasteiger partial charge in [-0.2, -0.15) is 13.2 Å². The van der Waals surface area contributed by atoms with Crippen LogP contribution in [0.3, 0.4) is 0 Å². The number of allylic oxidation sites excluding steroid dienone is 2. The van der Waals surface area contributed by atoms with Crippen LogP contribution < -0.4 is 4.74 Å². The minimum atomic E-state index is -4.47. The van der Waals surface area contributed by atoms with Crippen LogP contribution in [-0.4, -0.2) is 60.9 Å². The van der Waals surface area contributed by atoms with Crippen molar-refractivity contribution in [2.45, 2.75) is 173 Å². The lowest BCUT2D eigenvalue weighted by Crippen LogP contribution is -2.45. The first kappa shape index (κ1) is 47.4. The molecule has 0 amide bonds. The molecule has 0 bridgehead atoms. The molecular formula is C41H71F3O6Si3. The van der Waals surface area contributed by atoms with E-state index >= 15 is 0 Å². The number of ether oxygens (including phenoxy) is 1. The molecule has 0 heterocycles. The molecule has 0 radical (unpaired) electrons. The summed E-state index contributed by atoms with van der Waals surface area (Å²) in [6.07, 6.45) is 6.28. The lowest BCUT2D eigenvalue weighted by Gasteiger charge is -2.40. The van der Waals surface area contributed by atoms with E-state index in [9.17, 15) is 18.0 Å². The second-order valence-electron chi connectivity index (χ2n) is 19.4. The summed E-state index contributed by atoms with van der Waals surface area (Å²) in [5, 5.41) is 9.01. The van der Waals surface area contributed by atoms with Crippen molar-refractivity contribution in [3.05, 3.63) is 54.1 Å². The highest BCUT2D eigenvalue weighted by molar-refractivity contribution is 6.75. The number of halogens is 3. The van der Waals surface area contributed by atoms with Gasteiger partial charge in [-0.25, -0.2) is 0 Å². The van der Waals surface area contributed by atoms with Crippen molar-refractivity contribution in [2.75, 3.05) is 6.61 Å². The molecule has 1 N–H and O–H groups in total. The predicted octanol–water partition coefficient (Wildman–Crippen LogP) is 12.6. The van der Waals surface area contributed by atoms with E-state index < -0.39 is 48.8 Å². The van der Waals surface area contributed by atoms with Gasteiger partial charge in [0.15, 0.2) is 25.0 Å². The van der Waals surface area contributed by atoms with Gasteiger partial charge in [0.25, 0.3) is 0 Å². The van der Waals surface area contributed by atoms with Crippen molar-refractivity contribution < 1.29 is 41.1 Å². The second kappa shape index (κ2) is 18.0. The molecule has 0 aromatic heterocycles. The Morgan fingerprint density at radius 1 is 0.849 bits per heavy atom. The van der Waals surface area contributed by atoms with Gasteiger partial charge in [0.05, 0.1) is 23.9 Å².